The molecule has 7 nitrogen and oxygen atoms in total. The highest BCUT2D eigenvalue weighted by Gasteiger charge is 2.32. The molecule has 180 valence electrons. The molecule has 8 heteroatoms. The quantitative estimate of drug-likeness (QED) is 0.360. The van der Waals surface area contributed by atoms with Crippen molar-refractivity contribution in [1.82, 2.24) is 19.9 Å². The number of amides is 1. The highest BCUT2D eigenvalue weighted by molar-refractivity contribution is 7.12. The number of thiophene rings is 1. The molecular weight excluding hydrogens is 458 g/mol. The fraction of sp³-hybridized carbons (Fsp3) is 0.296. The number of aromatic nitrogens is 3. The van der Waals surface area contributed by atoms with Gasteiger partial charge in [-0.25, -0.2) is 4.68 Å². The minimum absolute atomic E-state index is 0.00185. The normalized spacial score (nSPS) is 14.7. The lowest BCUT2D eigenvalue weighted by Gasteiger charge is -2.37. The Labute approximate surface area is 209 Å². The van der Waals surface area contributed by atoms with E-state index in [2.05, 4.69) is 39.5 Å². The molecule has 0 saturated carbocycles. The number of ether oxygens (including phenoxy) is 1. The first-order chi connectivity index (χ1) is 17.2. The van der Waals surface area contributed by atoms with Gasteiger partial charge in [0.2, 0.25) is 0 Å². The third kappa shape index (κ3) is 5.61. The van der Waals surface area contributed by atoms with Crippen molar-refractivity contribution in [2.45, 2.75) is 32.0 Å². The molecule has 0 aliphatic carbocycles. The second-order valence-corrected chi connectivity index (χ2v) is 9.72. The van der Waals surface area contributed by atoms with Crippen molar-refractivity contribution in [3.05, 3.63) is 94.3 Å². The lowest BCUT2D eigenvalue weighted by molar-refractivity contribution is 0.0961. The van der Waals surface area contributed by atoms with Gasteiger partial charge in [0.05, 0.1) is 24.7 Å². The molecule has 0 bridgehead atoms. The maximum Gasteiger partial charge on any atom is 0.269 e. The molecule has 1 aliphatic rings. The Hall–Kier alpha value is -3.49. The van der Waals surface area contributed by atoms with E-state index in [1.54, 1.807) is 11.8 Å². The molecule has 4 aromatic rings. The number of nitrogens with zero attached hydrogens (tertiary/aromatic N) is 5. The molecule has 0 N–H and O–H groups in total. The number of methoxy groups -OCH3 is 1. The van der Waals surface area contributed by atoms with Crippen molar-refractivity contribution in [2.24, 2.45) is 0 Å². The zero-order valence-corrected chi connectivity index (χ0v) is 20.6. The van der Waals surface area contributed by atoms with E-state index < -0.39 is 0 Å². The van der Waals surface area contributed by atoms with Crippen molar-refractivity contribution in [1.29, 1.82) is 0 Å². The lowest BCUT2D eigenvalue weighted by atomic mass is 10.0. The van der Waals surface area contributed by atoms with Crippen LogP contribution in [0.25, 0.3) is 0 Å². The summed E-state index contributed by atoms with van der Waals surface area (Å²) in [6.45, 7) is 3.39. The van der Waals surface area contributed by atoms with Gasteiger partial charge in [-0.05, 0) is 47.5 Å². The largest absolute Gasteiger partial charge is 0.497 e. The van der Waals surface area contributed by atoms with Crippen molar-refractivity contribution >= 4 is 23.1 Å². The van der Waals surface area contributed by atoms with Gasteiger partial charge in [0.15, 0.2) is 5.82 Å². The van der Waals surface area contributed by atoms with Crippen molar-refractivity contribution in [2.75, 3.05) is 25.1 Å². The van der Waals surface area contributed by atoms with E-state index in [-0.39, 0.29) is 11.9 Å². The van der Waals surface area contributed by atoms with Crippen LogP contribution in [0.5, 0.6) is 5.75 Å². The molecule has 0 atom stereocenters. The van der Waals surface area contributed by atoms with Gasteiger partial charge in [0.1, 0.15) is 5.75 Å². The van der Waals surface area contributed by atoms with Crippen LogP contribution in [0.4, 0.5) is 5.82 Å². The maximum atomic E-state index is 13.5. The van der Waals surface area contributed by atoms with Crippen molar-refractivity contribution < 1.29 is 9.53 Å². The topological polar surface area (TPSA) is 63.5 Å². The molecule has 2 aromatic carbocycles. The summed E-state index contributed by atoms with van der Waals surface area (Å²) in [5, 5.41) is 10.7. The number of carbonyl (C=O) groups excluding carboxylic acids is 1. The van der Waals surface area contributed by atoms with Gasteiger partial charge < -0.3 is 4.74 Å². The summed E-state index contributed by atoms with van der Waals surface area (Å²) in [7, 11) is 1.66. The monoisotopic (exact) mass is 487 g/mol. The summed E-state index contributed by atoms with van der Waals surface area (Å²) >= 11 is 1.46. The van der Waals surface area contributed by atoms with E-state index in [0.717, 1.165) is 48.7 Å². The van der Waals surface area contributed by atoms with Crippen molar-refractivity contribution in [3.8, 4) is 5.75 Å². The van der Waals surface area contributed by atoms with Crippen molar-refractivity contribution in [3.63, 3.8) is 0 Å². The number of piperidine rings is 1. The molecule has 1 saturated heterocycles. The Morgan fingerprint density at radius 3 is 2.43 bits per heavy atom. The summed E-state index contributed by atoms with van der Waals surface area (Å²) in [5.41, 5.74) is 2.41. The Bertz CT molecular complexity index is 1220. The van der Waals surface area contributed by atoms with E-state index in [9.17, 15) is 4.79 Å². The third-order valence-electron chi connectivity index (χ3n) is 6.40. The van der Waals surface area contributed by atoms with E-state index in [0.29, 0.717) is 12.4 Å². The molecule has 0 unspecified atom stereocenters. The smallest absolute Gasteiger partial charge is 0.269 e. The maximum absolute atomic E-state index is 13.5. The number of benzene rings is 2. The highest BCUT2D eigenvalue weighted by atomic mass is 32.1. The van der Waals surface area contributed by atoms with E-state index in [4.69, 9.17) is 4.74 Å². The molecule has 0 spiro atoms. The Kier molecular flexibility index (Phi) is 7.20. The predicted molar refractivity (Wildman–Crippen MR) is 138 cm³/mol. The van der Waals surface area contributed by atoms with E-state index in [1.807, 2.05) is 58.9 Å². The van der Waals surface area contributed by atoms with Crippen LogP contribution in [-0.2, 0) is 13.1 Å². The molecule has 35 heavy (non-hydrogen) atoms. The minimum atomic E-state index is -0.00185. The van der Waals surface area contributed by atoms with E-state index in [1.165, 1.54) is 16.9 Å². The summed E-state index contributed by atoms with van der Waals surface area (Å²) in [5.74, 6) is 1.43. The van der Waals surface area contributed by atoms with Crippen LogP contribution in [0.2, 0.25) is 0 Å². The number of hydrogen-bond donors (Lipinski definition) is 0. The first-order valence-electron chi connectivity index (χ1n) is 11.9. The van der Waals surface area contributed by atoms with Gasteiger partial charge >= 0.3 is 0 Å². The molecule has 5 rings (SSSR count). The molecular formula is C27H29N5O2S. The first kappa shape index (κ1) is 23.3. The van der Waals surface area contributed by atoms with Crippen LogP contribution < -0.4 is 9.64 Å². The number of likely N-dealkylation sites (tertiary alicyclic amines) is 1. The van der Waals surface area contributed by atoms with Gasteiger partial charge in [-0.3, -0.25) is 14.6 Å². The first-order valence-corrected chi connectivity index (χ1v) is 12.7. The summed E-state index contributed by atoms with van der Waals surface area (Å²) in [4.78, 5) is 18.6. The van der Waals surface area contributed by atoms with Crippen LogP contribution in [-0.4, -0.2) is 52.0 Å². The summed E-state index contributed by atoms with van der Waals surface area (Å²) < 4.78 is 7.03. The molecule has 1 aliphatic heterocycles. The fourth-order valence-corrected chi connectivity index (χ4v) is 5.21. The van der Waals surface area contributed by atoms with E-state index >= 15 is 0 Å². The van der Waals surface area contributed by atoms with Gasteiger partial charge in [0, 0.05) is 25.7 Å². The lowest BCUT2D eigenvalue weighted by Crippen LogP contribution is -2.47. The Morgan fingerprint density at radius 2 is 1.74 bits per heavy atom. The average Bonchev–Trinajstić information content (AvgIpc) is 3.59. The van der Waals surface area contributed by atoms with Crippen LogP contribution >= 0.6 is 11.3 Å². The second kappa shape index (κ2) is 10.8. The van der Waals surface area contributed by atoms with Crippen LogP contribution in [0.15, 0.2) is 78.3 Å². The third-order valence-corrected chi connectivity index (χ3v) is 7.26. The Balaban J connectivity index is 1.31. The number of carbonyl (C=O) groups is 1. The SMILES string of the molecule is COc1ccc(Cn2cc(N(C(=O)c3cccs3)C3CCN(Cc4ccccc4)CC3)nn2)cc1. The zero-order chi connectivity index (χ0) is 24.0. The zero-order valence-electron chi connectivity index (χ0n) is 19.8. The molecule has 3 heterocycles. The second-order valence-electron chi connectivity index (χ2n) is 8.77. The number of anilines is 1. The van der Waals surface area contributed by atoms with Gasteiger partial charge in [0.25, 0.3) is 5.91 Å². The molecule has 1 fully saturated rings. The average molecular weight is 488 g/mol. The number of rotatable bonds is 8. The van der Waals surface area contributed by atoms with Crippen LogP contribution in [0.3, 0.4) is 0 Å². The van der Waals surface area contributed by atoms with Gasteiger partial charge in [-0.15, -0.1) is 16.4 Å². The van der Waals surface area contributed by atoms with Crippen LogP contribution in [0.1, 0.15) is 33.6 Å². The molecule has 1 amide bonds. The summed E-state index contributed by atoms with van der Waals surface area (Å²) in [6, 6.07) is 22.3. The fourth-order valence-electron chi connectivity index (χ4n) is 4.55. The van der Waals surface area contributed by atoms with Gasteiger partial charge in [-0.2, -0.15) is 0 Å². The predicted octanol–water partition coefficient (Wildman–Crippen LogP) is 4.71. The standard InChI is InChI=1S/C27H29N5O2S/c1-34-24-11-9-22(10-12-24)19-31-20-26(28-29-31)32(27(33)25-8-5-17-35-25)23-13-15-30(16-14-23)18-21-6-3-2-4-7-21/h2-12,17,20,23H,13-16,18-19H2,1H3. The molecule has 0 radical (unpaired) electrons. The number of hydrogen-bond acceptors (Lipinski definition) is 6. The Morgan fingerprint density at radius 1 is 1.00 bits per heavy atom. The van der Waals surface area contributed by atoms with Gasteiger partial charge in [-0.1, -0.05) is 53.7 Å². The van der Waals surface area contributed by atoms with Crippen LogP contribution in [0, 0.1) is 0 Å². The minimum Gasteiger partial charge on any atom is -0.497 e. The highest BCUT2D eigenvalue weighted by Crippen LogP contribution is 2.26. The summed E-state index contributed by atoms with van der Waals surface area (Å²) in [6.07, 6.45) is 3.68. The molecule has 2 aromatic heterocycles.